The highest BCUT2D eigenvalue weighted by Gasteiger charge is 2.08. The Morgan fingerprint density at radius 2 is 1.52 bits per heavy atom. The first-order valence-corrected chi connectivity index (χ1v) is 8.99. The summed E-state index contributed by atoms with van der Waals surface area (Å²) in [5.41, 5.74) is 1.31. The third-order valence-corrected chi connectivity index (χ3v) is 4.29. The number of benzene rings is 2. The molecule has 2 amide bonds. The van der Waals surface area contributed by atoms with Crippen LogP contribution in [0.5, 0.6) is 0 Å². The van der Waals surface area contributed by atoms with Crippen LogP contribution in [0.15, 0.2) is 53.4 Å². The normalized spacial score (nSPS) is 10.6. The van der Waals surface area contributed by atoms with Gasteiger partial charge in [0.25, 0.3) is 0 Å². The molecule has 0 atom stereocenters. The van der Waals surface area contributed by atoms with E-state index in [4.69, 9.17) is 0 Å². The average molecular weight is 360 g/mol. The highest BCUT2D eigenvalue weighted by atomic mass is 32.2. The van der Waals surface area contributed by atoms with Crippen molar-refractivity contribution in [3.8, 4) is 0 Å². The van der Waals surface area contributed by atoms with Crippen molar-refractivity contribution in [2.45, 2.75) is 25.2 Å². The van der Waals surface area contributed by atoms with Gasteiger partial charge >= 0.3 is 0 Å². The summed E-state index contributed by atoms with van der Waals surface area (Å²) in [7, 11) is 0. The van der Waals surface area contributed by atoms with Gasteiger partial charge in [-0.3, -0.25) is 9.59 Å². The second-order valence-corrected chi connectivity index (χ2v) is 7.01. The van der Waals surface area contributed by atoms with Crippen molar-refractivity contribution in [2.75, 3.05) is 16.4 Å². The molecule has 0 unspecified atom stereocenters. The summed E-state index contributed by atoms with van der Waals surface area (Å²) in [6, 6.07) is 13.3. The lowest BCUT2D eigenvalue weighted by molar-refractivity contribution is -0.117. The van der Waals surface area contributed by atoms with Gasteiger partial charge in [0.2, 0.25) is 11.8 Å². The molecule has 0 saturated carbocycles. The quantitative estimate of drug-likeness (QED) is 0.713. The summed E-state index contributed by atoms with van der Waals surface area (Å²) < 4.78 is 13.5. The van der Waals surface area contributed by atoms with Crippen LogP contribution in [0.2, 0.25) is 0 Å². The smallest absolute Gasteiger partial charge is 0.234 e. The Labute approximate surface area is 151 Å². The monoisotopic (exact) mass is 360 g/mol. The van der Waals surface area contributed by atoms with Gasteiger partial charge in [0.05, 0.1) is 5.75 Å². The van der Waals surface area contributed by atoms with Gasteiger partial charge < -0.3 is 10.6 Å². The molecule has 0 saturated heterocycles. The van der Waals surface area contributed by atoms with Gasteiger partial charge in [-0.05, 0) is 42.3 Å². The van der Waals surface area contributed by atoms with Crippen molar-refractivity contribution >= 4 is 35.0 Å². The van der Waals surface area contributed by atoms with Gasteiger partial charge in [0.1, 0.15) is 5.82 Å². The lowest BCUT2D eigenvalue weighted by Crippen LogP contribution is -2.15. The highest BCUT2D eigenvalue weighted by Crippen LogP contribution is 2.21. The van der Waals surface area contributed by atoms with Gasteiger partial charge in [-0.1, -0.05) is 26.0 Å². The summed E-state index contributed by atoms with van der Waals surface area (Å²) in [6.07, 6.45) is 0.464. The molecule has 0 heterocycles. The van der Waals surface area contributed by atoms with E-state index in [1.165, 1.54) is 6.07 Å². The number of halogens is 1. The molecule has 0 spiro atoms. The molecule has 25 heavy (non-hydrogen) atoms. The van der Waals surface area contributed by atoms with E-state index in [9.17, 15) is 14.0 Å². The van der Waals surface area contributed by atoms with Crippen molar-refractivity contribution in [1.29, 1.82) is 0 Å². The molecule has 2 N–H and O–H groups in total. The van der Waals surface area contributed by atoms with Crippen LogP contribution in [-0.4, -0.2) is 17.6 Å². The number of carbonyl (C=O) groups excluding carboxylic acids is 2. The highest BCUT2D eigenvalue weighted by molar-refractivity contribution is 8.00. The number of nitrogens with one attached hydrogen (secondary N) is 2. The molecule has 2 aromatic carbocycles. The Balaban J connectivity index is 1.83. The minimum Gasteiger partial charge on any atom is -0.326 e. The predicted octanol–water partition coefficient (Wildman–Crippen LogP) is 4.54. The van der Waals surface area contributed by atoms with Crippen LogP contribution in [0.25, 0.3) is 0 Å². The van der Waals surface area contributed by atoms with E-state index >= 15 is 0 Å². The molecule has 2 rings (SSSR count). The number of carbonyl (C=O) groups is 2. The van der Waals surface area contributed by atoms with Crippen LogP contribution in [0.3, 0.4) is 0 Å². The summed E-state index contributed by atoms with van der Waals surface area (Å²) >= 11 is 1.15. The maximum atomic E-state index is 13.5. The minimum atomic E-state index is -0.332. The lowest BCUT2D eigenvalue weighted by Gasteiger charge is -2.09. The Kier molecular flexibility index (Phi) is 7.01. The SMILES string of the molecule is CC(C)CC(=O)Nc1ccc(NC(=O)CSc2ccccc2F)cc1. The van der Waals surface area contributed by atoms with E-state index in [-0.39, 0.29) is 23.4 Å². The number of rotatable bonds is 7. The van der Waals surface area contributed by atoms with Crippen molar-refractivity contribution in [1.82, 2.24) is 0 Å². The molecule has 0 aliphatic heterocycles. The van der Waals surface area contributed by atoms with Crippen LogP contribution in [0.1, 0.15) is 20.3 Å². The lowest BCUT2D eigenvalue weighted by atomic mass is 10.1. The van der Waals surface area contributed by atoms with E-state index in [0.717, 1.165) is 11.8 Å². The van der Waals surface area contributed by atoms with Crippen molar-refractivity contribution in [3.63, 3.8) is 0 Å². The Morgan fingerprint density at radius 3 is 2.08 bits per heavy atom. The summed E-state index contributed by atoms with van der Waals surface area (Å²) in [5.74, 6) is -0.168. The predicted molar refractivity (Wildman–Crippen MR) is 100 cm³/mol. The van der Waals surface area contributed by atoms with Crippen LogP contribution in [0, 0.1) is 11.7 Å². The molecule has 4 nitrogen and oxygen atoms in total. The van der Waals surface area contributed by atoms with Crippen LogP contribution < -0.4 is 10.6 Å². The molecule has 0 bridgehead atoms. The van der Waals surface area contributed by atoms with Crippen LogP contribution in [-0.2, 0) is 9.59 Å². The van der Waals surface area contributed by atoms with E-state index in [0.29, 0.717) is 28.6 Å². The Bertz CT molecular complexity index is 732. The number of anilines is 2. The minimum absolute atomic E-state index is 0.0342. The van der Waals surface area contributed by atoms with Crippen molar-refractivity contribution < 1.29 is 14.0 Å². The van der Waals surface area contributed by atoms with Crippen LogP contribution in [0.4, 0.5) is 15.8 Å². The molecule has 132 valence electrons. The first-order chi connectivity index (χ1) is 11.9. The van der Waals surface area contributed by atoms with Gasteiger partial charge in [-0.2, -0.15) is 0 Å². The fourth-order valence-electron chi connectivity index (χ4n) is 2.12. The van der Waals surface area contributed by atoms with E-state index < -0.39 is 0 Å². The first-order valence-electron chi connectivity index (χ1n) is 8.01. The number of hydrogen-bond donors (Lipinski definition) is 2. The fourth-order valence-corrected chi connectivity index (χ4v) is 2.86. The summed E-state index contributed by atoms with van der Waals surface area (Å²) in [6.45, 7) is 3.97. The molecule has 0 fully saturated rings. The topological polar surface area (TPSA) is 58.2 Å². The van der Waals surface area contributed by atoms with Gasteiger partial charge in [0.15, 0.2) is 0 Å². The number of thioether (sulfide) groups is 1. The summed E-state index contributed by atoms with van der Waals surface area (Å²) in [5, 5.41) is 5.56. The zero-order chi connectivity index (χ0) is 18.2. The number of amides is 2. The van der Waals surface area contributed by atoms with Crippen molar-refractivity contribution in [2.24, 2.45) is 5.92 Å². The molecule has 0 radical (unpaired) electrons. The van der Waals surface area contributed by atoms with Gasteiger partial charge in [0, 0.05) is 22.7 Å². The Hall–Kier alpha value is -2.34. The first kappa shape index (κ1) is 19.0. The second-order valence-electron chi connectivity index (χ2n) is 5.99. The largest absolute Gasteiger partial charge is 0.326 e. The summed E-state index contributed by atoms with van der Waals surface area (Å²) in [4.78, 5) is 24.1. The maximum absolute atomic E-state index is 13.5. The molecule has 2 aromatic rings. The average Bonchev–Trinajstić information content (AvgIpc) is 2.55. The maximum Gasteiger partial charge on any atom is 0.234 e. The molecular weight excluding hydrogens is 339 g/mol. The van der Waals surface area contributed by atoms with E-state index in [1.54, 1.807) is 42.5 Å². The standard InChI is InChI=1S/C19H21FN2O2S/c1-13(2)11-18(23)21-14-7-9-15(10-8-14)22-19(24)12-25-17-6-4-3-5-16(17)20/h3-10,13H,11-12H2,1-2H3,(H,21,23)(H,22,24). The third-order valence-electron chi connectivity index (χ3n) is 3.24. The second kappa shape index (κ2) is 9.22. The van der Waals surface area contributed by atoms with Gasteiger partial charge in [-0.15, -0.1) is 11.8 Å². The van der Waals surface area contributed by atoms with Gasteiger partial charge in [-0.25, -0.2) is 4.39 Å². The molecular formula is C19H21FN2O2S. The zero-order valence-electron chi connectivity index (χ0n) is 14.2. The van der Waals surface area contributed by atoms with Crippen molar-refractivity contribution in [3.05, 3.63) is 54.3 Å². The molecule has 0 aromatic heterocycles. The fraction of sp³-hybridized carbons (Fsp3) is 0.263. The molecule has 6 heteroatoms. The molecule has 0 aliphatic rings. The number of hydrogen-bond acceptors (Lipinski definition) is 3. The molecule has 0 aliphatic carbocycles. The van der Waals surface area contributed by atoms with E-state index in [1.807, 2.05) is 13.8 Å². The Morgan fingerprint density at radius 1 is 0.960 bits per heavy atom. The van der Waals surface area contributed by atoms with E-state index in [2.05, 4.69) is 10.6 Å². The van der Waals surface area contributed by atoms with Crippen LogP contribution >= 0.6 is 11.8 Å². The zero-order valence-corrected chi connectivity index (χ0v) is 15.0. The third kappa shape index (κ3) is 6.58.